The fourth-order valence-corrected chi connectivity index (χ4v) is 1.31. The molecule has 0 amide bonds. The van der Waals surface area contributed by atoms with E-state index in [0.29, 0.717) is 3.42 Å². The largest absolute Gasteiger partial charge is 0.330 e. The summed E-state index contributed by atoms with van der Waals surface area (Å²) in [4.78, 5) is 0. The summed E-state index contributed by atoms with van der Waals surface area (Å²) in [6.45, 7) is 7.04. The minimum Gasteiger partial charge on any atom is -0.330 e. The topological polar surface area (TPSA) is 64.1 Å². The number of rotatable bonds is 7. The van der Waals surface area contributed by atoms with Crippen LogP contribution in [0.2, 0.25) is 0 Å². The van der Waals surface area contributed by atoms with Gasteiger partial charge in [0.15, 0.2) is 0 Å². The van der Waals surface area contributed by atoms with Crippen LogP contribution in [-0.2, 0) is 0 Å². The average Bonchev–Trinajstić information content (AvgIpc) is 1.98. The van der Waals surface area contributed by atoms with E-state index in [2.05, 4.69) is 41.8 Å². The summed E-state index contributed by atoms with van der Waals surface area (Å²) in [6.07, 6.45) is 2.04. The smallest absolute Gasteiger partial charge is 0.0290 e. The molecule has 0 aliphatic rings. The highest BCUT2D eigenvalue weighted by Gasteiger charge is 2.11. The lowest BCUT2D eigenvalue weighted by molar-refractivity contribution is 0.514. The van der Waals surface area contributed by atoms with Crippen molar-refractivity contribution in [2.24, 2.45) is 11.5 Å². The van der Waals surface area contributed by atoms with Gasteiger partial charge in [0.1, 0.15) is 0 Å². The lowest BCUT2D eigenvalue weighted by Crippen LogP contribution is -2.39. The number of hydrogen-bond donors (Lipinski definition) is 3. The first-order valence-electron chi connectivity index (χ1n) is 4.81. The van der Waals surface area contributed by atoms with E-state index in [9.17, 15) is 0 Å². The first-order chi connectivity index (χ1) is 5.95. The molecule has 0 aromatic rings. The van der Waals surface area contributed by atoms with Gasteiger partial charge < -0.3 is 16.8 Å². The quantitative estimate of drug-likeness (QED) is 0.482. The predicted molar refractivity (Wildman–Crippen MR) is 67.2 cm³/mol. The summed E-state index contributed by atoms with van der Waals surface area (Å²) in [5, 5.41) is 3.36. The molecule has 1 atom stereocenters. The van der Waals surface area contributed by atoms with E-state index in [1.807, 2.05) is 0 Å². The Hall–Kier alpha value is 0.610. The van der Waals surface area contributed by atoms with E-state index in [4.69, 9.17) is 11.5 Å². The van der Waals surface area contributed by atoms with Gasteiger partial charge in [-0.25, -0.2) is 0 Å². The summed E-state index contributed by atoms with van der Waals surface area (Å²) in [5.74, 6) is 0. The number of hydrogen-bond acceptors (Lipinski definition) is 3. The van der Waals surface area contributed by atoms with Crippen molar-refractivity contribution in [1.82, 2.24) is 5.32 Å². The molecule has 0 aliphatic carbocycles. The standard InChI is InChI=1S/C9H22IN3/c1-9(2,10)7-13-6-8(12)4-3-5-11/h8,13H,3-7,11-12H2,1-2H3/t8-/m0/s1. The number of nitrogens with two attached hydrogens (primary N) is 2. The summed E-state index contributed by atoms with van der Waals surface area (Å²) in [7, 11) is 0. The molecule has 0 saturated carbocycles. The van der Waals surface area contributed by atoms with Crippen molar-refractivity contribution in [3.05, 3.63) is 0 Å². The lowest BCUT2D eigenvalue weighted by atomic mass is 10.1. The third-order valence-corrected chi connectivity index (χ3v) is 2.11. The third-order valence-electron chi connectivity index (χ3n) is 1.73. The maximum atomic E-state index is 5.87. The highest BCUT2D eigenvalue weighted by atomic mass is 127. The van der Waals surface area contributed by atoms with Crippen molar-refractivity contribution in [3.8, 4) is 0 Å². The Bertz CT molecular complexity index is 123. The van der Waals surface area contributed by atoms with E-state index < -0.39 is 0 Å². The van der Waals surface area contributed by atoms with Crippen LogP contribution in [0.1, 0.15) is 26.7 Å². The molecule has 0 radical (unpaired) electrons. The molecule has 0 unspecified atom stereocenters. The maximum absolute atomic E-state index is 5.87. The molecule has 0 saturated heterocycles. The van der Waals surface area contributed by atoms with Crippen LogP contribution in [0.4, 0.5) is 0 Å². The van der Waals surface area contributed by atoms with Crippen molar-refractivity contribution in [2.45, 2.75) is 36.2 Å². The van der Waals surface area contributed by atoms with Crippen LogP contribution < -0.4 is 16.8 Å². The van der Waals surface area contributed by atoms with Crippen LogP contribution in [0, 0.1) is 0 Å². The van der Waals surface area contributed by atoms with E-state index in [1.54, 1.807) is 0 Å². The predicted octanol–water partition coefficient (Wildman–Crippen LogP) is 0.856. The van der Waals surface area contributed by atoms with Crippen molar-refractivity contribution in [2.75, 3.05) is 19.6 Å². The van der Waals surface area contributed by atoms with Crippen LogP contribution in [0.5, 0.6) is 0 Å². The number of nitrogens with one attached hydrogen (secondary N) is 1. The van der Waals surface area contributed by atoms with E-state index in [0.717, 1.165) is 32.5 Å². The zero-order valence-electron chi connectivity index (χ0n) is 8.65. The molecule has 0 aliphatic heterocycles. The SMILES string of the molecule is CC(C)(I)CNC[C@@H](N)CCCN. The fraction of sp³-hybridized carbons (Fsp3) is 1.00. The minimum atomic E-state index is 0.252. The molecule has 3 nitrogen and oxygen atoms in total. The Morgan fingerprint density at radius 3 is 2.54 bits per heavy atom. The molecule has 80 valence electrons. The van der Waals surface area contributed by atoms with E-state index >= 15 is 0 Å². The molecule has 0 bridgehead atoms. The Morgan fingerprint density at radius 2 is 2.08 bits per heavy atom. The zero-order valence-corrected chi connectivity index (χ0v) is 10.8. The molecule has 0 spiro atoms. The molecular formula is C9H22IN3. The van der Waals surface area contributed by atoms with Crippen molar-refractivity contribution < 1.29 is 0 Å². The van der Waals surface area contributed by atoms with Gasteiger partial charge in [0.25, 0.3) is 0 Å². The van der Waals surface area contributed by atoms with Gasteiger partial charge in [0.05, 0.1) is 0 Å². The van der Waals surface area contributed by atoms with Gasteiger partial charge in [-0.2, -0.15) is 0 Å². The van der Waals surface area contributed by atoms with Crippen LogP contribution in [-0.4, -0.2) is 29.1 Å². The Morgan fingerprint density at radius 1 is 1.46 bits per heavy atom. The highest BCUT2D eigenvalue weighted by molar-refractivity contribution is 14.1. The summed E-state index contributed by atoms with van der Waals surface area (Å²) in [5.41, 5.74) is 11.3. The van der Waals surface area contributed by atoms with Crippen LogP contribution in [0.3, 0.4) is 0 Å². The molecule has 0 fully saturated rings. The van der Waals surface area contributed by atoms with Crippen LogP contribution >= 0.6 is 22.6 Å². The molecule has 0 aromatic carbocycles. The van der Waals surface area contributed by atoms with Crippen molar-refractivity contribution >= 4 is 22.6 Å². The first kappa shape index (κ1) is 13.6. The fourth-order valence-electron chi connectivity index (χ4n) is 1.04. The second kappa shape index (κ2) is 6.98. The van der Waals surface area contributed by atoms with Gasteiger partial charge in [0.2, 0.25) is 0 Å². The van der Waals surface area contributed by atoms with Gasteiger partial charge in [-0.3, -0.25) is 0 Å². The first-order valence-corrected chi connectivity index (χ1v) is 5.89. The molecule has 0 aromatic heterocycles. The number of alkyl halides is 1. The number of halogens is 1. The van der Waals surface area contributed by atoms with Gasteiger partial charge in [0, 0.05) is 22.6 Å². The molecule has 0 rings (SSSR count). The zero-order chi connectivity index (χ0) is 10.3. The summed E-state index contributed by atoms with van der Waals surface area (Å²) >= 11 is 2.43. The van der Waals surface area contributed by atoms with Crippen LogP contribution in [0.25, 0.3) is 0 Å². The van der Waals surface area contributed by atoms with Crippen molar-refractivity contribution in [3.63, 3.8) is 0 Å². The van der Waals surface area contributed by atoms with Gasteiger partial charge in [-0.05, 0) is 33.2 Å². The van der Waals surface area contributed by atoms with Crippen molar-refractivity contribution in [1.29, 1.82) is 0 Å². The lowest BCUT2D eigenvalue weighted by Gasteiger charge is -2.19. The van der Waals surface area contributed by atoms with E-state index in [-0.39, 0.29) is 6.04 Å². The van der Waals surface area contributed by atoms with Gasteiger partial charge in [-0.15, -0.1) is 0 Å². The summed E-state index contributed by atoms with van der Waals surface area (Å²) in [6, 6.07) is 0.252. The average molecular weight is 299 g/mol. The van der Waals surface area contributed by atoms with Gasteiger partial charge in [-0.1, -0.05) is 22.6 Å². The maximum Gasteiger partial charge on any atom is 0.0290 e. The Balaban J connectivity index is 3.31. The van der Waals surface area contributed by atoms with Crippen LogP contribution in [0.15, 0.2) is 0 Å². The Labute approximate surface area is 95.2 Å². The monoisotopic (exact) mass is 299 g/mol. The minimum absolute atomic E-state index is 0.252. The van der Waals surface area contributed by atoms with E-state index in [1.165, 1.54) is 0 Å². The molecular weight excluding hydrogens is 277 g/mol. The molecule has 4 heteroatoms. The second-order valence-electron chi connectivity index (χ2n) is 4.04. The highest BCUT2D eigenvalue weighted by Crippen LogP contribution is 2.14. The molecule has 13 heavy (non-hydrogen) atoms. The third kappa shape index (κ3) is 10.5. The van der Waals surface area contributed by atoms with Gasteiger partial charge >= 0.3 is 0 Å². The second-order valence-corrected chi connectivity index (χ2v) is 6.96. The normalized spacial score (nSPS) is 14.5. The summed E-state index contributed by atoms with van der Waals surface area (Å²) < 4.78 is 0.311. The molecule has 0 heterocycles. The molecule has 5 N–H and O–H groups in total. The Kier molecular flexibility index (Phi) is 7.30.